The summed E-state index contributed by atoms with van der Waals surface area (Å²) in [4.78, 5) is 11.8. The Kier molecular flexibility index (Phi) is 3.83. The molecule has 0 radical (unpaired) electrons. The lowest BCUT2D eigenvalue weighted by atomic mass is 10.2. The highest BCUT2D eigenvalue weighted by molar-refractivity contribution is 8.13. The first kappa shape index (κ1) is 11.7. The fraction of sp³-hybridized carbons (Fsp3) is 0.0714. The molecule has 2 aromatic rings. The summed E-state index contributed by atoms with van der Waals surface area (Å²) in [6, 6.07) is 16.4. The largest absolute Gasteiger partial charge is 0.507 e. The van der Waals surface area contributed by atoms with Gasteiger partial charge in [-0.25, -0.2) is 0 Å². The van der Waals surface area contributed by atoms with E-state index in [9.17, 15) is 9.90 Å². The third-order valence-corrected chi connectivity index (χ3v) is 3.30. The first-order chi connectivity index (χ1) is 8.27. The lowest BCUT2D eigenvalue weighted by Gasteiger charge is -2.03. The van der Waals surface area contributed by atoms with Gasteiger partial charge < -0.3 is 5.11 Å². The van der Waals surface area contributed by atoms with Crippen LogP contribution in [0, 0.1) is 0 Å². The Labute approximate surface area is 104 Å². The number of benzene rings is 2. The molecule has 0 spiro atoms. The summed E-state index contributed by atoms with van der Waals surface area (Å²) in [5.74, 6) is 0.659. The van der Waals surface area contributed by atoms with Gasteiger partial charge in [0.05, 0.1) is 5.56 Å². The fourth-order valence-electron chi connectivity index (χ4n) is 1.45. The number of thioether (sulfide) groups is 1. The molecule has 2 nitrogen and oxygen atoms in total. The molecular weight excluding hydrogens is 232 g/mol. The minimum absolute atomic E-state index is 0.0399. The molecule has 0 amide bonds. The predicted octanol–water partition coefficient (Wildman–Crippen LogP) is 3.47. The molecule has 0 bridgehead atoms. The highest BCUT2D eigenvalue weighted by atomic mass is 32.2. The van der Waals surface area contributed by atoms with Crippen molar-refractivity contribution in [3.05, 3.63) is 65.7 Å². The Hall–Kier alpha value is -1.74. The molecule has 0 aliphatic carbocycles. The quantitative estimate of drug-likeness (QED) is 0.898. The maximum absolute atomic E-state index is 11.8. The highest BCUT2D eigenvalue weighted by Crippen LogP contribution is 2.23. The number of carbonyl (C=O) groups is 1. The van der Waals surface area contributed by atoms with Crippen molar-refractivity contribution >= 4 is 16.9 Å². The van der Waals surface area contributed by atoms with E-state index in [4.69, 9.17) is 0 Å². The van der Waals surface area contributed by atoms with E-state index in [-0.39, 0.29) is 10.9 Å². The highest BCUT2D eigenvalue weighted by Gasteiger charge is 2.10. The molecular formula is C14H12O2S. The van der Waals surface area contributed by atoms with Crippen molar-refractivity contribution in [2.75, 3.05) is 0 Å². The SMILES string of the molecule is O=C(SCc1ccccc1)c1ccccc1O. The molecule has 0 aliphatic rings. The van der Waals surface area contributed by atoms with Crippen molar-refractivity contribution in [3.63, 3.8) is 0 Å². The van der Waals surface area contributed by atoms with Gasteiger partial charge in [-0.3, -0.25) is 4.79 Å². The van der Waals surface area contributed by atoms with Crippen molar-refractivity contribution in [1.29, 1.82) is 0 Å². The van der Waals surface area contributed by atoms with E-state index >= 15 is 0 Å². The van der Waals surface area contributed by atoms with E-state index < -0.39 is 0 Å². The van der Waals surface area contributed by atoms with E-state index in [2.05, 4.69) is 0 Å². The zero-order chi connectivity index (χ0) is 12.1. The Bertz CT molecular complexity index is 509. The van der Waals surface area contributed by atoms with Crippen LogP contribution in [0.1, 0.15) is 15.9 Å². The van der Waals surface area contributed by atoms with Crippen molar-refractivity contribution < 1.29 is 9.90 Å². The minimum atomic E-state index is -0.105. The molecule has 86 valence electrons. The number of hydrogen-bond acceptors (Lipinski definition) is 3. The molecule has 0 aliphatic heterocycles. The van der Waals surface area contributed by atoms with Crippen LogP contribution in [-0.4, -0.2) is 10.2 Å². The molecule has 0 heterocycles. The average Bonchev–Trinajstić information content (AvgIpc) is 2.38. The zero-order valence-corrected chi connectivity index (χ0v) is 9.98. The van der Waals surface area contributed by atoms with Crippen molar-refractivity contribution in [2.45, 2.75) is 5.75 Å². The van der Waals surface area contributed by atoms with Crippen molar-refractivity contribution in [3.8, 4) is 5.75 Å². The predicted molar refractivity (Wildman–Crippen MR) is 70.2 cm³/mol. The average molecular weight is 244 g/mol. The standard InChI is InChI=1S/C14H12O2S/c15-13-9-5-4-8-12(13)14(16)17-10-11-6-2-1-3-7-11/h1-9,15H,10H2. The molecule has 2 rings (SSSR count). The Balaban J connectivity index is 2.01. The maximum Gasteiger partial charge on any atom is 0.223 e. The van der Waals surface area contributed by atoms with Crippen LogP contribution in [0.15, 0.2) is 54.6 Å². The Morgan fingerprint density at radius 3 is 2.35 bits per heavy atom. The zero-order valence-electron chi connectivity index (χ0n) is 9.17. The first-order valence-electron chi connectivity index (χ1n) is 5.26. The molecule has 0 atom stereocenters. The summed E-state index contributed by atoms with van der Waals surface area (Å²) >= 11 is 1.20. The summed E-state index contributed by atoms with van der Waals surface area (Å²) in [5, 5.41) is 9.44. The Morgan fingerprint density at radius 2 is 1.65 bits per heavy atom. The molecule has 0 saturated heterocycles. The fourth-order valence-corrected chi connectivity index (χ4v) is 2.27. The number of rotatable bonds is 3. The number of para-hydroxylation sites is 1. The molecule has 3 heteroatoms. The van der Waals surface area contributed by atoms with Crippen LogP contribution < -0.4 is 0 Å². The van der Waals surface area contributed by atoms with Crippen molar-refractivity contribution in [2.24, 2.45) is 0 Å². The van der Waals surface area contributed by atoms with Gasteiger partial charge in [0.25, 0.3) is 0 Å². The van der Waals surface area contributed by atoms with E-state index in [0.29, 0.717) is 11.3 Å². The lowest BCUT2D eigenvalue weighted by Crippen LogP contribution is -1.94. The van der Waals surface area contributed by atoms with Gasteiger partial charge in [-0.05, 0) is 17.7 Å². The van der Waals surface area contributed by atoms with Crippen LogP contribution in [0.4, 0.5) is 0 Å². The second kappa shape index (κ2) is 5.55. The third-order valence-electron chi connectivity index (χ3n) is 2.34. The van der Waals surface area contributed by atoms with Crippen LogP contribution in [-0.2, 0) is 5.75 Å². The van der Waals surface area contributed by atoms with E-state index in [0.717, 1.165) is 5.56 Å². The number of carbonyl (C=O) groups excluding carboxylic acids is 1. The van der Waals surface area contributed by atoms with Crippen molar-refractivity contribution in [1.82, 2.24) is 0 Å². The van der Waals surface area contributed by atoms with Crippen LogP contribution in [0.5, 0.6) is 5.75 Å². The Morgan fingerprint density at radius 1 is 1.00 bits per heavy atom. The number of aromatic hydroxyl groups is 1. The van der Waals surface area contributed by atoms with Gasteiger partial charge in [-0.15, -0.1) is 0 Å². The molecule has 0 aromatic heterocycles. The monoisotopic (exact) mass is 244 g/mol. The van der Waals surface area contributed by atoms with E-state index in [1.54, 1.807) is 18.2 Å². The molecule has 17 heavy (non-hydrogen) atoms. The van der Waals surface area contributed by atoms with Gasteiger partial charge in [0.2, 0.25) is 5.12 Å². The van der Waals surface area contributed by atoms with Gasteiger partial charge in [0.15, 0.2) is 0 Å². The minimum Gasteiger partial charge on any atom is -0.507 e. The molecule has 0 saturated carbocycles. The first-order valence-corrected chi connectivity index (χ1v) is 6.25. The van der Waals surface area contributed by atoms with Crippen LogP contribution in [0.25, 0.3) is 0 Å². The number of hydrogen-bond donors (Lipinski definition) is 1. The summed E-state index contributed by atoms with van der Waals surface area (Å²) in [7, 11) is 0. The van der Waals surface area contributed by atoms with Gasteiger partial charge in [0, 0.05) is 5.75 Å². The van der Waals surface area contributed by atoms with Crippen LogP contribution >= 0.6 is 11.8 Å². The van der Waals surface area contributed by atoms with Gasteiger partial charge in [-0.2, -0.15) is 0 Å². The van der Waals surface area contributed by atoms with E-state index in [1.165, 1.54) is 17.8 Å². The second-order valence-electron chi connectivity index (χ2n) is 3.58. The summed E-state index contributed by atoms with van der Waals surface area (Å²) < 4.78 is 0. The smallest absolute Gasteiger partial charge is 0.223 e. The van der Waals surface area contributed by atoms with E-state index in [1.807, 2.05) is 30.3 Å². The molecule has 0 fully saturated rings. The van der Waals surface area contributed by atoms with Gasteiger partial charge >= 0.3 is 0 Å². The molecule has 0 unspecified atom stereocenters. The summed E-state index contributed by atoms with van der Waals surface area (Å²) in [6.45, 7) is 0. The molecule has 2 aromatic carbocycles. The second-order valence-corrected chi connectivity index (χ2v) is 4.53. The van der Waals surface area contributed by atoms with Crippen LogP contribution in [0.2, 0.25) is 0 Å². The van der Waals surface area contributed by atoms with Gasteiger partial charge in [0.1, 0.15) is 5.75 Å². The maximum atomic E-state index is 11.8. The lowest BCUT2D eigenvalue weighted by molar-refractivity contribution is 0.108. The topological polar surface area (TPSA) is 37.3 Å². The summed E-state index contributed by atoms with van der Waals surface area (Å²) in [6.07, 6.45) is 0. The number of phenolic OH excluding ortho intramolecular Hbond substituents is 1. The summed E-state index contributed by atoms with van der Waals surface area (Å²) in [5.41, 5.74) is 1.47. The third kappa shape index (κ3) is 3.11. The molecule has 1 N–H and O–H groups in total. The number of phenols is 1. The van der Waals surface area contributed by atoms with Gasteiger partial charge in [-0.1, -0.05) is 54.2 Å². The normalized spacial score (nSPS) is 10.1. The van der Waals surface area contributed by atoms with Crippen LogP contribution in [0.3, 0.4) is 0 Å².